The summed E-state index contributed by atoms with van der Waals surface area (Å²) in [6.07, 6.45) is 3.55. The van der Waals surface area contributed by atoms with E-state index in [1.165, 1.54) is 0 Å². The van der Waals surface area contributed by atoms with Gasteiger partial charge in [-0.2, -0.15) is 0 Å². The quantitative estimate of drug-likeness (QED) is 0.362. The summed E-state index contributed by atoms with van der Waals surface area (Å²) in [5.74, 6) is 0. The Kier molecular flexibility index (Phi) is 5.42. The number of halogens is 2. The maximum Gasteiger partial charge on any atom is 0.143 e. The number of ether oxygens (including phenoxy) is 1. The highest BCUT2D eigenvalue weighted by Gasteiger charge is 2.57. The Morgan fingerprint density at radius 2 is 2.06 bits per heavy atom. The molecular weight excluding hydrogens is 520 g/mol. The Bertz CT molecular complexity index is 1410. The molecule has 5 atom stereocenters. The first-order valence-corrected chi connectivity index (χ1v) is 12.6. The second kappa shape index (κ2) is 8.24. The van der Waals surface area contributed by atoms with E-state index in [0.717, 1.165) is 44.1 Å². The Morgan fingerprint density at radius 1 is 1.21 bits per heavy atom. The van der Waals surface area contributed by atoms with Crippen molar-refractivity contribution < 1.29 is 14.9 Å². The molecule has 1 aliphatic heterocycles. The van der Waals surface area contributed by atoms with Crippen LogP contribution in [0.25, 0.3) is 21.9 Å². The van der Waals surface area contributed by atoms with E-state index < -0.39 is 17.6 Å². The highest BCUT2D eigenvalue weighted by molar-refractivity contribution is 9.10. The van der Waals surface area contributed by atoms with Gasteiger partial charge in [-0.15, -0.1) is 0 Å². The molecule has 1 spiro atoms. The molecule has 7 nitrogen and oxygen atoms in total. The second-order valence-corrected chi connectivity index (χ2v) is 10.6. The van der Waals surface area contributed by atoms with E-state index in [-0.39, 0.29) is 12.1 Å². The van der Waals surface area contributed by atoms with Gasteiger partial charge in [-0.25, -0.2) is 15.0 Å². The largest absolute Gasteiger partial charge is 0.390 e. The molecule has 0 bridgehead atoms. The minimum atomic E-state index is -0.910. The molecule has 1 aliphatic carbocycles. The van der Waals surface area contributed by atoms with Gasteiger partial charge in [0, 0.05) is 22.4 Å². The number of aromatic nitrogens is 4. The van der Waals surface area contributed by atoms with Gasteiger partial charge in [-0.3, -0.25) is 0 Å². The lowest BCUT2D eigenvalue weighted by molar-refractivity contribution is -0.0309. The first-order chi connectivity index (χ1) is 16.4. The minimum Gasteiger partial charge on any atom is -0.390 e. The fourth-order valence-corrected chi connectivity index (χ4v) is 6.20. The van der Waals surface area contributed by atoms with E-state index in [0.29, 0.717) is 24.6 Å². The zero-order valence-corrected chi connectivity index (χ0v) is 20.9. The third-order valence-electron chi connectivity index (χ3n) is 7.53. The van der Waals surface area contributed by atoms with Crippen molar-refractivity contribution in [3.05, 3.63) is 63.7 Å². The molecule has 1 aromatic carbocycles. The van der Waals surface area contributed by atoms with Crippen LogP contribution in [0.3, 0.4) is 0 Å². The first kappa shape index (κ1) is 22.4. The Balaban J connectivity index is 1.30. The smallest absolute Gasteiger partial charge is 0.143 e. The van der Waals surface area contributed by atoms with Crippen molar-refractivity contribution in [2.24, 2.45) is 5.41 Å². The number of nitrogens with zero attached hydrogens (tertiary/aromatic N) is 4. The standard InChI is InChI=1S/C25H24BrClN4O3/c1-2-17-15-5-6-31(24(15)29-12-28-17)19-9-25(22(33)21(19)32)10-20(34-11-25)14-4-3-13-7-16(26)23(27)30-18(13)8-14/h3-8,12,19-22,32-33H,2,9-11H2,1H3/t19-,20-,21+,22+,25-/m1/s1. The van der Waals surface area contributed by atoms with Crippen LogP contribution in [0.2, 0.25) is 5.15 Å². The molecule has 0 unspecified atom stereocenters. The lowest BCUT2D eigenvalue weighted by Gasteiger charge is -2.26. The third-order valence-corrected chi connectivity index (χ3v) is 8.65. The number of hydrogen-bond acceptors (Lipinski definition) is 6. The first-order valence-electron chi connectivity index (χ1n) is 11.4. The van der Waals surface area contributed by atoms with Crippen LogP contribution in [0.15, 0.2) is 47.3 Å². The lowest BCUT2D eigenvalue weighted by Crippen LogP contribution is -2.37. The van der Waals surface area contributed by atoms with Crippen LogP contribution in [0, 0.1) is 5.41 Å². The summed E-state index contributed by atoms with van der Waals surface area (Å²) in [6.45, 7) is 2.45. The summed E-state index contributed by atoms with van der Waals surface area (Å²) in [4.78, 5) is 13.3. The number of hydrogen-bond donors (Lipinski definition) is 2. The predicted molar refractivity (Wildman–Crippen MR) is 133 cm³/mol. The van der Waals surface area contributed by atoms with Gasteiger partial charge in [0.15, 0.2) is 0 Å². The summed E-state index contributed by atoms with van der Waals surface area (Å²) >= 11 is 9.62. The fraction of sp³-hybridized carbons (Fsp3) is 0.400. The average molecular weight is 544 g/mol. The number of aliphatic hydroxyl groups is 2. The number of fused-ring (bicyclic) bond motifs is 2. The third kappa shape index (κ3) is 3.38. The minimum absolute atomic E-state index is 0.190. The molecule has 2 aliphatic rings. The SMILES string of the molecule is CCc1ncnc2c1ccn2[C@@H]1C[C@@]2(CO[C@@H](c3ccc4cc(Br)c(Cl)nc4c3)C2)[C@@H](O)[C@H]1O. The molecule has 1 saturated heterocycles. The fourth-order valence-electron chi connectivity index (χ4n) is 5.72. The molecule has 34 heavy (non-hydrogen) atoms. The van der Waals surface area contributed by atoms with Gasteiger partial charge in [-0.1, -0.05) is 30.7 Å². The molecule has 3 aromatic heterocycles. The van der Waals surface area contributed by atoms with Crippen molar-refractivity contribution in [1.29, 1.82) is 0 Å². The van der Waals surface area contributed by atoms with Crippen molar-refractivity contribution in [3.63, 3.8) is 0 Å². The van der Waals surface area contributed by atoms with Crippen molar-refractivity contribution in [2.75, 3.05) is 6.61 Å². The van der Waals surface area contributed by atoms with E-state index in [1.807, 2.05) is 41.1 Å². The van der Waals surface area contributed by atoms with Crippen LogP contribution in [0.4, 0.5) is 0 Å². The highest BCUT2D eigenvalue weighted by atomic mass is 79.9. The molecule has 4 aromatic rings. The molecule has 2 N–H and O–H groups in total. The van der Waals surface area contributed by atoms with E-state index >= 15 is 0 Å². The zero-order chi connectivity index (χ0) is 23.6. The maximum atomic E-state index is 11.2. The van der Waals surface area contributed by atoms with Crippen LogP contribution in [0.5, 0.6) is 0 Å². The molecule has 9 heteroatoms. The number of rotatable bonds is 3. The zero-order valence-electron chi connectivity index (χ0n) is 18.5. The van der Waals surface area contributed by atoms with Crippen molar-refractivity contribution in [1.82, 2.24) is 19.5 Å². The number of aryl methyl sites for hydroxylation is 1. The molecule has 1 saturated carbocycles. The normalized spacial score (nSPS) is 29.1. The van der Waals surface area contributed by atoms with E-state index in [4.69, 9.17) is 16.3 Å². The Morgan fingerprint density at radius 3 is 2.88 bits per heavy atom. The summed E-state index contributed by atoms with van der Waals surface area (Å²) in [5, 5.41) is 24.7. The van der Waals surface area contributed by atoms with Crippen LogP contribution in [-0.4, -0.2) is 48.5 Å². The lowest BCUT2D eigenvalue weighted by atomic mass is 9.80. The monoisotopic (exact) mass is 542 g/mol. The van der Waals surface area contributed by atoms with Crippen molar-refractivity contribution in [2.45, 2.75) is 50.5 Å². The van der Waals surface area contributed by atoms with Gasteiger partial charge in [-0.05, 0) is 59.0 Å². The van der Waals surface area contributed by atoms with E-state index in [1.54, 1.807) is 6.33 Å². The molecular formula is C25H24BrClN4O3. The average Bonchev–Trinajstić information content (AvgIpc) is 3.53. The van der Waals surface area contributed by atoms with Crippen molar-refractivity contribution >= 4 is 49.5 Å². The van der Waals surface area contributed by atoms with Crippen molar-refractivity contribution in [3.8, 4) is 0 Å². The molecule has 176 valence electrons. The highest BCUT2D eigenvalue weighted by Crippen LogP contribution is 2.55. The van der Waals surface area contributed by atoms with Crippen LogP contribution in [-0.2, 0) is 11.2 Å². The van der Waals surface area contributed by atoms with Crippen LogP contribution >= 0.6 is 27.5 Å². The number of aliphatic hydroxyl groups excluding tert-OH is 2. The van der Waals surface area contributed by atoms with Gasteiger partial charge in [0.05, 0.1) is 40.5 Å². The van der Waals surface area contributed by atoms with Gasteiger partial charge in [0.1, 0.15) is 23.2 Å². The van der Waals surface area contributed by atoms with Gasteiger partial charge in [0.2, 0.25) is 0 Å². The topological polar surface area (TPSA) is 93.3 Å². The number of benzene rings is 1. The summed E-state index contributed by atoms with van der Waals surface area (Å²) in [5.41, 5.74) is 3.02. The summed E-state index contributed by atoms with van der Waals surface area (Å²) in [7, 11) is 0. The molecule has 0 amide bonds. The summed E-state index contributed by atoms with van der Waals surface area (Å²) in [6, 6.07) is 9.69. The van der Waals surface area contributed by atoms with Gasteiger partial charge < -0.3 is 19.5 Å². The van der Waals surface area contributed by atoms with Crippen LogP contribution in [0.1, 0.15) is 43.2 Å². The molecule has 4 heterocycles. The maximum absolute atomic E-state index is 11.2. The van der Waals surface area contributed by atoms with E-state index in [2.05, 4.69) is 37.8 Å². The van der Waals surface area contributed by atoms with Crippen LogP contribution < -0.4 is 0 Å². The number of pyridine rings is 1. The predicted octanol–water partition coefficient (Wildman–Crippen LogP) is 4.77. The Labute approximate surface area is 209 Å². The van der Waals surface area contributed by atoms with Gasteiger partial charge >= 0.3 is 0 Å². The molecule has 0 radical (unpaired) electrons. The molecule has 2 fully saturated rings. The Hall–Kier alpha value is -2.10. The molecule has 6 rings (SSSR count). The summed E-state index contributed by atoms with van der Waals surface area (Å²) < 4.78 is 8.96. The van der Waals surface area contributed by atoms with E-state index in [9.17, 15) is 10.2 Å². The van der Waals surface area contributed by atoms with Gasteiger partial charge in [0.25, 0.3) is 0 Å². The second-order valence-electron chi connectivity index (χ2n) is 9.42.